The van der Waals surface area contributed by atoms with Crippen molar-refractivity contribution in [1.82, 2.24) is 10.2 Å². The number of rotatable bonds is 2. The van der Waals surface area contributed by atoms with E-state index < -0.39 is 0 Å². The fraction of sp³-hybridized carbons (Fsp3) is 0.143. The Morgan fingerprint density at radius 3 is 2.56 bits per heavy atom. The highest BCUT2D eigenvalue weighted by Gasteiger charge is 2.11. The number of benzene rings is 1. The van der Waals surface area contributed by atoms with Crippen LogP contribution in [-0.4, -0.2) is 15.3 Å². The third-order valence-electron chi connectivity index (χ3n) is 2.83. The quantitative estimate of drug-likeness (QED) is 0.892. The number of aromatic hydroxyl groups is 1. The average Bonchev–Trinajstić information content (AvgIpc) is 2.90. The van der Waals surface area contributed by atoms with Crippen LogP contribution < -0.4 is 0 Å². The van der Waals surface area contributed by atoms with Crippen LogP contribution in [0.4, 0.5) is 0 Å². The highest BCUT2D eigenvalue weighted by atomic mass is 32.1. The highest BCUT2D eigenvalue weighted by Crippen LogP contribution is 2.31. The van der Waals surface area contributed by atoms with Crippen molar-refractivity contribution in [3.8, 4) is 16.3 Å². The second-order valence-corrected chi connectivity index (χ2v) is 5.10. The van der Waals surface area contributed by atoms with Crippen LogP contribution in [0.15, 0.2) is 42.5 Å². The molecule has 2 aromatic rings. The van der Waals surface area contributed by atoms with Gasteiger partial charge in [-0.15, -0.1) is 10.2 Å². The molecule has 0 saturated heterocycles. The molecule has 1 aliphatic carbocycles. The molecule has 1 N–H and O–H groups in total. The third kappa shape index (κ3) is 2.19. The van der Waals surface area contributed by atoms with Gasteiger partial charge >= 0.3 is 0 Å². The zero-order chi connectivity index (χ0) is 12.4. The minimum absolute atomic E-state index is 0.267. The zero-order valence-electron chi connectivity index (χ0n) is 9.71. The van der Waals surface area contributed by atoms with Crippen molar-refractivity contribution in [2.45, 2.75) is 12.8 Å². The summed E-state index contributed by atoms with van der Waals surface area (Å²) in [6.07, 6.45) is 8.43. The molecule has 18 heavy (non-hydrogen) atoms. The van der Waals surface area contributed by atoms with Gasteiger partial charge in [-0.25, -0.2) is 0 Å². The largest absolute Gasteiger partial charge is 0.508 e. The summed E-state index contributed by atoms with van der Waals surface area (Å²) >= 11 is 1.59. The van der Waals surface area contributed by atoms with Crippen molar-refractivity contribution in [2.75, 3.05) is 0 Å². The zero-order valence-corrected chi connectivity index (χ0v) is 10.5. The van der Waals surface area contributed by atoms with Crippen LogP contribution in [0.3, 0.4) is 0 Å². The molecule has 0 spiro atoms. The van der Waals surface area contributed by atoms with E-state index in [1.54, 1.807) is 23.5 Å². The summed E-state index contributed by atoms with van der Waals surface area (Å²) in [5.74, 6) is 0.267. The first-order valence-electron chi connectivity index (χ1n) is 5.82. The molecule has 1 heterocycles. The van der Waals surface area contributed by atoms with E-state index in [4.69, 9.17) is 0 Å². The Labute approximate surface area is 109 Å². The van der Waals surface area contributed by atoms with Crippen LogP contribution in [0.1, 0.15) is 17.8 Å². The number of phenols is 1. The van der Waals surface area contributed by atoms with Crippen LogP contribution in [-0.2, 0) is 0 Å². The maximum Gasteiger partial charge on any atom is 0.148 e. The van der Waals surface area contributed by atoms with Crippen molar-refractivity contribution in [3.63, 3.8) is 0 Å². The Balaban J connectivity index is 1.91. The van der Waals surface area contributed by atoms with Crippen molar-refractivity contribution >= 4 is 16.9 Å². The molecule has 0 radical (unpaired) electrons. The van der Waals surface area contributed by atoms with E-state index >= 15 is 0 Å². The van der Waals surface area contributed by atoms with Crippen LogP contribution >= 0.6 is 11.3 Å². The Bertz CT molecular complexity index is 611. The lowest BCUT2D eigenvalue weighted by atomic mass is 10.1. The summed E-state index contributed by atoms with van der Waals surface area (Å²) in [6.45, 7) is 0. The predicted molar refractivity (Wildman–Crippen MR) is 73.4 cm³/mol. The van der Waals surface area contributed by atoms with Gasteiger partial charge in [0.25, 0.3) is 0 Å². The standard InChI is InChI=1S/C14H12N2OS/c17-12-8-6-11(7-9-12)14-16-15-13(18-14)10-4-2-1-3-5-10/h1-2,4,6-9,17H,3,5H2. The lowest BCUT2D eigenvalue weighted by Gasteiger charge is -2.03. The first-order valence-corrected chi connectivity index (χ1v) is 6.63. The molecular weight excluding hydrogens is 244 g/mol. The topological polar surface area (TPSA) is 46.0 Å². The molecule has 3 nitrogen and oxygen atoms in total. The summed E-state index contributed by atoms with van der Waals surface area (Å²) in [7, 11) is 0. The predicted octanol–water partition coefficient (Wildman–Crippen LogP) is 3.64. The maximum absolute atomic E-state index is 9.26. The lowest BCUT2D eigenvalue weighted by Crippen LogP contribution is -1.86. The van der Waals surface area contributed by atoms with Gasteiger partial charge < -0.3 is 5.11 Å². The van der Waals surface area contributed by atoms with E-state index in [1.165, 1.54) is 5.57 Å². The molecule has 4 heteroatoms. The molecule has 0 fully saturated rings. The van der Waals surface area contributed by atoms with Crippen molar-refractivity contribution in [1.29, 1.82) is 0 Å². The maximum atomic E-state index is 9.26. The number of aromatic nitrogens is 2. The molecule has 1 aromatic carbocycles. The first-order chi connectivity index (χ1) is 8.83. The second kappa shape index (κ2) is 4.74. The Morgan fingerprint density at radius 1 is 1.06 bits per heavy atom. The lowest BCUT2D eigenvalue weighted by molar-refractivity contribution is 0.475. The molecule has 90 valence electrons. The van der Waals surface area contributed by atoms with Gasteiger partial charge in [-0.2, -0.15) is 0 Å². The van der Waals surface area contributed by atoms with Crippen molar-refractivity contribution < 1.29 is 5.11 Å². The van der Waals surface area contributed by atoms with Gasteiger partial charge in [0, 0.05) is 5.56 Å². The van der Waals surface area contributed by atoms with Gasteiger partial charge in [-0.1, -0.05) is 29.6 Å². The van der Waals surface area contributed by atoms with Gasteiger partial charge in [-0.05, 0) is 42.7 Å². The number of allylic oxidation sites excluding steroid dienone is 4. The minimum atomic E-state index is 0.267. The number of nitrogens with zero attached hydrogens (tertiary/aromatic N) is 2. The monoisotopic (exact) mass is 256 g/mol. The van der Waals surface area contributed by atoms with Crippen LogP contribution in [0, 0.1) is 0 Å². The third-order valence-corrected chi connectivity index (χ3v) is 3.88. The smallest absolute Gasteiger partial charge is 0.148 e. The summed E-state index contributed by atoms with van der Waals surface area (Å²) < 4.78 is 0. The van der Waals surface area contributed by atoms with Gasteiger partial charge in [-0.3, -0.25) is 0 Å². The van der Waals surface area contributed by atoms with Gasteiger partial charge in [0.2, 0.25) is 0 Å². The van der Waals surface area contributed by atoms with Crippen LogP contribution in [0.5, 0.6) is 5.75 Å². The fourth-order valence-electron chi connectivity index (χ4n) is 1.85. The fourth-order valence-corrected chi connectivity index (χ4v) is 2.76. The first kappa shape index (κ1) is 11.2. The van der Waals surface area contributed by atoms with Gasteiger partial charge in [0.05, 0.1) is 0 Å². The number of hydrogen-bond acceptors (Lipinski definition) is 4. The van der Waals surface area contributed by atoms with E-state index in [0.717, 1.165) is 28.4 Å². The Morgan fingerprint density at radius 2 is 1.83 bits per heavy atom. The van der Waals surface area contributed by atoms with E-state index in [2.05, 4.69) is 28.4 Å². The van der Waals surface area contributed by atoms with Crippen molar-refractivity contribution in [2.24, 2.45) is 0 Å². The Kier molecular flexibility index (Phi) is 2.94. The van der Waals surface area contributed by atoms with Gasteiger partial charge in [0.15, 0.2) is 0 Å². The van der Waals surface area contributed by atoms with E-state index in [9.17, 15) is 5.11 Å². The summed E-state index contributed by atoms with van der Waals surface area (Å²) in [6, 6.07) is 7.04. The highest BCUT2D eigenvalue weighted by molar-refractivity contribution is 7.15. The van der Waals surface area contributed by atoms with Gasteiger partial charge in [0.1, 0.15) is 15.8 Å². The summed E-state index contributed by atoms with van der Waals surface area (Å²) in [5, 5.41) is 19.6. The van der Waals surface area contributed by atoms with E-state index in [1.807, 2.05) is 12.1 Å². The molecule has 1 aliphatic rings. The van der Waals surface area contributed by atoms with E-state index in [0.29, 0.717) is 0 Å². The normalized spacial score (nSPS) is 14.6. The second-order valence-electron chi connectivity index (χ2n) is 4.12. The molecule has 0 saturated carbocycles. The molecular formula is C14H12N2OS. The van der Waals surface area contributed by atoms with E-state index in [-0.39, 0.29) is 5.75 Å². The van der Waals surface area contributed by atoms with Crippen LogP contribution in [0.25, 0.3) is 16.1 Å². The van der Waals surface area contributed by atoms with Crippen LogP contribution in [0.2, 0.25) is 0 Å². The minimum Gasteiger partial charge on any atom is -0.508 e. The summed E-state index contributed by atoms with van der Waals surface area (Å²) in [5.41, 5.74) is 2.24. The molecule has 1 aromatic heterocycles. The number of phenolic OH excluding ortho intramolecular Hbond substituents is 1. The molecule has 0 amide bonds. The average molecular weight is 256 g/mol. The summed E-state index contributed by atoms with van der Waals surface area (Å²) in [4.78, 5) is 0. The van der Waals surface area contributed by atoms with Crippen molar-refractivity contribution in [3.05, 3.63) is 47.5 Å². The number of hydrogen-bond donors (Lipinski definition) is 1. The molecule has 3 rings (SSSR count). The molecule has 0 aliphatic heterocycles. The molecule has 0 unspecified atom stereocenters. The SMILES string of the molecule is Oc1ccc(-c2nnc(C3=CC=CCC3)s2)cc1. The molecule has 0 atom stereocenters. The Hall–Kier alpha value is -1.94. The molecule has 0 bridgehead atoms.